The van der Waals surface area contributed by atoms with E-state index in [0.717, 1.165) is 10.4 Å². The Balaban J connectivity index is 1.37. The monoisotopic (exact) mass is 366 g/mol. The SMILES string of the molecule is C=C1c2ccccc2C(=O)N1CC(=O)OCc1coc(-c2cccs2)n1. The van der Waals surface area contributed by atoms with Gasteiger partial charge in [-0.15, -0.1) is 11.3 Å². The van der Waals surface area contributed by atoms with Crippen molar-refractivity contribution < 1.29 is 18.7 Å². The third kappa shape index (κ3) is 2.93. The zero-order valence-electron chi connectivity index (χ0n) is 13.7. The van der Waals surface area contributed by atoms with Gasteiger partial charge in [-0.2, -0.15) is 0 Å². The summed E-state index contributed by atoms with van der Waals surface area (Å²) in [5.74, 6) is -0.290. The first kappa shape index (κ1) is 16.3. The molecule has 3 aromatic rings. The van der Waals surface area contributed by atoms with Crippen molar-refractivity contribution in [3.05, 3.63) is 71.4 Å². The second kappa shape index (κ2) is 6.61. The lowest BCUT2D eigenvalue weighted by Gasteiger charge is -2.16. The Labute approximate surface area is 153 Å². The topological polar surface area (TPSA) is 72.6 Å². The number of nitrogens with zero attached hydrogens (tertiary/aromatic N) is 2. The van der Waals surface area contributed by atoms with Gasteiger partial charge in [0, 0.05) is 16.8 Å². The molecule has 1 aliphatic heterocycles. The molecule has 0 radical (unpaired) electrons. The average molecular weight is 366 g/mol. The number of oxazole rings is 1. The van der Waals surface area contributed by atoms with Gasteiger partial charge >= 0.3 is 5.97 Å². The number of hydrogen-bond acceptors (Lipinski definition) is 6. The molecule has 0 atom stereocenters. The minimum atomic E-state index is -0.534. The Hall–Kier alpha value is -3.19. The van der Waals surface area contributed by atoms with Crippen LogP contribution in [0.2, 0.25) is 0 Å². The van der Waals surface area contributed by atoms with Gasteiger partial charge < -0.3 is 9.15 Å². The first-order valence-corrected chi connectivity index (χ1v) is 8.75. The average Bonchev–Trinajstić information content (AvgIpc) is 3.38. The second-order valence-electron chi connectivity index (χ2n) is 5.67. The van der Waals surface area contributed by atoms with Crippen molar-refractivity contribution in [3.63, 3.8) is 0 Å². The molecule has 130 valence electrons. The van der Waals surface area contributed by atoms with Crippen LogP contribution in [-0.2, 0) is 16.1 Å². The highest BCUT2D eigenvalue weighted by atomic mass is 32.1. The van der Waals surface area contributed by atoms with E-state index >= 15 is 0 Å². The highest BCUT2D eigenvalue weighted by Gasteiger charge is 2.32. The largest absolute Gasteiger partial charge is 0.458 e. The van der Waals surface area contributed by atoms with Gasteiger partial charge in [-0.05, 0) is 17.5 Å². The predicted molar refractivity (Wildman–Crippen MR) is 96.1 cm³/mol. The van der Waals surface area contributed by atoms with E-state index in [-0.39, 0.29) is 19.1 Å². The number of carbonyl (C=O) groups excluding carboxylic acids is 2. The fraction of sp³-hybridized carbons (Fsp3) is 0.105. The van der Waals surface area contributed by atoms with Crippen LogP contribution in [0.5, 0.6) is 0 Å². The molecule has 0 fully saturated rings. The van der Waals surface area contributed by atoms with E-state index in [1.54, 1.807) is 12.1 Å². The van der Waals surface area contributed by atoms with Crippen molar-refractivity contribution in [1.29, 1.82) is 0 Å². The van der Waals surface area contributed by atoms with Gasteiger partial charge in [-0.1, -0.05) is 30.8 Å². The summed E-state index contributed by atoms with van der Waals surface area (Å²) < 4.78 is 10.6. The Kier molecular flexibility index (Phi) is 4.14. The van der Waals surface area contributed by atoms with E-state index in [1.165, 1.54) is 22.5 Å². The van der Waals surface area contributed by atoms with Crippen LogP contribution < -0.4 is 0 Å². The number of rotatable bonds is 5. The third-order valence-electron chi connectivity index (χ3n) is 3.99. The molecule has 0 spiro atoms. The van der Waals surface area contributed by atoms with Crippen molar-refractivity contribution in [2.45, 2.75) is 6.61 Å². The smallest absolute Gasteiger partial charge is 0.326 e. The molecule has 0 N–H and O–H groups in total. The van der Waals surface area contributed by atoms with Crippen molar-refractivity contribution in [3.8, 4) is 10.8 Å². The van der Waals surface area contributed by atoms with Gasteiger partial charge in [0.05, 0.1) is 4.88 Å². The molecule has 6 nitrogen and oxygen atoms in total. The summed E-state index contributed by atoms with van der Waals surface area (Å²) >= 11 is 1.51. The molecule has 7 heteroatoms. The van der Waals surface area contributed by atoms with Crippen molar-refractivity contribution in [2.75, 3.05) is 6.54 Å². The normalized spacial score (nSPS) is 13.2. The summed E-state index contributed by atoms with van der Waals surface area (Å²) in [5.41, 5.74) is 2.30. The zero-order valence-corrected chi connectivity index (χ0v) is 14.5. The predicted octanol–water partition coefficient (Wildman–Crippen LogP) is 3.57. The molecule has 0 unspecified atom stereocenters. The molecule has 3 heterocycles. The zero-order chi connectivity index (χ0) is 18.1. The number of carbonyl (C=O) groups is 2. The molecule has 0 saturated carbocycles. The number of aromatic nitrogens is 1. The van der Waals surface area contributed by atoms with Crippen LogP contribution in [0.3, 0.4) is 0 Å². The third-order valence-corrected chi connectivity index (χ3v) is 4.85. The maximum atomic E-state index is 12.4. The van der Waals surface area contributed by atoms with Gasteiger partial charge in [0.25, 0.3) is 5.91 Å². The Morgan fingerprint density at radius 1 is 1.23 bits per heavy atom. The van der Waals surface area contributed by atoms with Gasteiger partial charge in [-0.3, -0.25) is 14.5 Å². The van der Waals surface area contributed by atoms with Crippen LogP contribution in [0.1, 0.15) is 21.6 Å². The number of esters is 1. The molecule has 0 aliphatic carbocycles. The van der Waals surface area contributed by atoms with E-state index < -0.39 is 5.97 Å². The molecular weight excluding hydrogens is 352 g/mol. The molecule has 1 aliphatic rings. The summed E-state index contributed by atoms with van der Waals surface area (Å²) in [7, 11) is 0. The lowest BCUT2D eigenvalue weighted by molar-refractivity contribution is -0.145. The van der Waals surface area contributed by atoms with Gasteiger partial charge in [0.15, 0.2) is 0 Å². The standard InChI is InChI=1S/C19H14N2O4S/c1-12-14-5-2-3-6-15(14)19(23)21(12)9-17(22)24-10-13-11-25-18(20-13)16-7-4-8-26-16/h2-8,11H,1,9-10H2. The lowest BCUT2D eigenvalue weighted by Crippen LogP contribution is -2.30. The fourth-order valence-electron chi connectivity index (χ4n) is 2.72. The molecule has 2 aromatic heterocycles. The van der Waals surface area contributed by atoms with E-state index in [0.29, 0.717) is 22.8 Å². The highest BCUT2D eigenvalue weighted by Crippen LogP contribution is 2.30. The quantitative estimate of drug-likeness (QED) is 0.646. The van der Waals surface area contributed by atoms with E-state index in [1.807, 2.05) is 29.6 Å². The molecule has 1 aromatic carbocycles. The van der Waals surface area contributed by atoms with Gasteiger partial charge in [0.2, 0.25) is 5.89 Å². The highest BCUT2D eigenvalue weighted by molar-refractivity contribution is 7.13. The van der Waals surface area contributed by atoms with Crippen LogP contribution in [0, 0.1) is 0 Å². The lowest BCUT2D eigenvalue weighted by atomic mass is 10.1. The Morgan fingerprint density at radius 2 is 2.04 bits per heavy atom. The summed E-state index contributed by atoms with van der Waals surface area (Å²) in [4.78, 5) is 31.0. The fourth-order valence-corrected chi connectivity index (χ4v) is 3.37. The minimum Gasteiger partial charge on any atom is -0.458 e. The Morgan fingerprint density at radius 3 is 2.77 bits per heavy atom. The summed E-state index contributed by atoms with van der Waals surface area (Å²) in [5, 5.41) is 1.93. The van der Waals surface area contributed by atoms with Crippen molar-refractivity contribution in [2.24, 2.45) is 0 Å². The maximum Gasteiger partial charge on any atom is 0.326 e. The molecule has 4 rings (SSSR count). The Bertz CT molecular complexity index is 956. The molecule has 1 amide bonds. The molecular formula is C19H14N2O4S. The van der Waals surface area contributed by atoms with Crippen LogP contribution in [0.4, 0.5) is 0 Å². The van der Waals surface area contributed by atoms with E-state index in [2.05, 4.69) is 11.6 Å². The van der Waals surface area contributed by atoms with E-state index in [4.69, 9.17) is 9.15 Å². The number of amides is 1. The number of thiophene rings is 1. The van der Waals surface area contributed by atoms with Crippen molar-refractivity contribution >= 4 is 28.9 Å². The summed E-state index contributed by atoms with van der Waals surface area (Å²) in [6.45, 7) is 3.69. The number of ether oxygens (including phenoxy) is 1. The van der Waals surface area contributed by atoms with E-state index in [9.17, 15) is 9.59 Å². The number of fused-ring (bicyclic) bond motifs is 1. The van der Waals surface area contributed by atoms with Crippen molar-refractivity contribution in [1.82, 2.24) is 9.88 Å². The molecule has 26 heavy (non-hydrogen) atoms. The maximum absolute atomic E-state index is 12.4. The molecule has 0 saturated heterocycles. The van der Waals surface area contributed by atoms with Crippen LogP contribution >= 0.6 is 11.3 Å². The van der Waals surface area contributed by atoms with Crippen LogP contribution in [0.25, 0.3) is 16.5 Å². The second-order valence-corrected chi connectivity index (χ2v) is 6.61. The van der Waals surface area contributed by atoms with Crippen LogP contribution in [0.15, 0.2) is 59.0 Å². The summed E-state index contributed by atoms with van der Waals surface area (Å²) in [6, 6.07) is 10.9. The van der Waals surface area contributed by atoms with Gasteiger partial charge in [0.1, 0.15) is 25.1 Å². The minimum absolute atomic E-state index is 0.0187. The summed E-state index contributed by atoms with van der Waals surface area (Å²) in [6.07, 6.45) is 1.46. The number of hydrogen-bond donors (Lipinski definition) is 0. The van der Waals surface area contributed by atoms with Gasteiger partial charge in [-0.25, -0.2) is 4.98 Å². The first-order chi connectivity index (χ1) is 12.6. The molecule has 0 bridgehead atoms. The number of benzene rings is 1. The first-order valence-electron chi connectivity index (χ1n) is 7.87. The van der Waals surface area contributed by atoms with Crippen LogP contribution in [-0.4, -0.2) is 28.3 Å².